The van der Waals surface area contributed by atoms with Gasteiger partial charge in [-0.15, -0.1) is 0 Å². The molecule has 2 aromatic rings. The zero-order chi connectivity index (χ0) is 13.0. The summed E-state index contributed by atoms with van der Waals surface area (Å²) in [5.74, 6) is -0.0692. The highest BCUT2D eigenvalue weighted by Crippen LogP contribution is 2.16. The topological polar surface area (TPSA) is 44.1 Å². The van der Waals surface area contributed by atoms with Crippen molar-refractivity contribution in [3.63, 3.8) is 0 Å². The van der Waals surface area contributed by atoms with Gasteiger partial charge < -0.3 is 4.90 Å². The van der Waals surface area contributed by atoms with E-state index in [1.54, 1.807) is 48.3 Å². The first-order valence-corrected chi connectivity index (χ1v) is 5.55. The van der Waals surface area contributed by atoms with Gasteiger partial charge in [0.15, 0.2) is 0 Å². The van der Waals surface area contributed by atoms with Crippen molar-refractivity contribution >= 4 is 11.6 Å². The van der Waals surface area contributed by atoms with Gasteiger partial charge in [0.05, 0.1) is 11.6 Å². The van der Waals surface area contributed by atoms with E-state index < -0.39 is 0 Å². The maximum atomic E-state index is 12.2. The van der Waals surface area contributed by atoms with Crippen LogP contribution in [0.5, 0.6) is 0 Å². The highest BCUT2D eigenvalue weighted by Gasteiger charge is 2.12. The van der Waals surface area contributed by atoms with Crippen LogP contribution in [0.3, 0.4) is 0 Å². The molecule has 0 saturated carbocycles. The van der Waals surface area contributed by atoms with Crippen LogP contribution in [0, 0.1) is 11.3 Å². The molecule has 0 aromatic heterocycles. The lowest BCUT2D eigenvalue weighted by Gasteiger charge is -2.17. The molecule has 0 unspecified atom stereocenters. The van der Waals surface area contributed by atoms with E-state index in [2.05, 4.69) is 6.07 Å². The fourth-order valence-corrected chi connectivity index (χ4v) is 1.65. The molecule has 18 heavy (non-hydrogen) atoms. The molecule has 0 aliphatic rings. The van der Waals surface area contributed by atoms with E-state index in [1.165, 1.54) is 0 Å². The second-order valence-corrected chi connectivity index (χ2v) is 3.89. The second-order valence-electron chi connectivity index (χ2n) is 3.89. The Labute approximate surface area is 106 Å². The summed E-state index contributed by atoms with van der Waals surface area (Å²) in [7, 11) is 1.72. The molecule has 3 heteroatoms. The molecule has 0 N–H and O–H groups in total. The molecule has 2 aromatic carbocycles. The zero-order valence-corrected chi connectivity index (χ0v) is 10.00. The minimum Gasteiger partial charge on any atom is -0.311 e. The summed E-state index contributed by atoms with van der Waals surface area (Å²) in [5, 5.41) is 8.72. The maximum Gasteiger partial charge on any atom is 0.258 e. The number of hydrogen-bond donors (Lipinski definition) is 0. The van der Waals surface area contributed by atoms with E-state index in [4.69, 9.17) is 5.26 Å². The van der Waals surface area contributed by atoms with Gasteiger partial charge in [-0.3, -0.25) is 4.79 Å². The second kappa shape index (κ2) is 5.15. The van der Waals surface area contributed by atoms with Crippen LogP contribution in [0.25, 0.3) is 0 Å². The number of carbonyl (C=O) groups is 1. The molecule has 0 aliphatic carbocycles. The van der Waals surface area contributed by atoms with Gasteiger partial charge in [-0.05, 0) is 36.4 Å². The Morgan fingerprint density at radius 3 is 2.22 bits per heavy atom. The third-order valence-electron chi connectivity index (χ3n) is 2.71. The lowest BCUT2D eigenvalue weighted by Crippen LogP contribution is -2.26. The Kier molecular flexibility index (Phi) is 3.40. The van der Waals surface area contributed by atoms with Crippen LogP contribution in [-0.4, -0.2) is 13.0 Å². The average Bonchev–Trinajstić information content (AvgIpc) is 2.47. The van der Waals surface area contributed by atoms with E-state index in [9.17, 15) is 4.79 Å². The summed E-state index contributed by atoms with van der Waals surface area (Å²) in [6.07, 6.45) is 0. The molecule has 0 atom stereocenters. The van der Waals surface area contributed by atoms with E-state index in [1.807, 2.05) is 18.2 Å². The summed E-state index contributed by atoms with van der Waals surface area (Å²) in [6.45, 7) is 0. The minimum atomic E-state index is -0.0692. The molecular formula is C15H12N2O. The highest BCUT2D eigenvalue weighted by atomic mass is 16.2. The molecule has 1 amide bonds. The first-order valence-electron chi connectivity index (χ1n) is 5.55. The first-order chi connectivity index (χ1) is 8.72. The van der Waals surface area contributed by atoms with Crippen molar-refractivity contribution in [1.82, 2.24) is 0 Å². The van der Waals surface area contributed by atoms with Gasteiger partial charge in [-0.2, -0.15) is 5.26 Å². The maximum absolute atomic E-state index is 12.2. The van der Waals surface area contributed by atoms with E-state index >= 15 is 0 Å². The Balaban J connectivity index is 2.23. The lowest BCUT2D eigenvalue weighted by atomic mass is 10.1. The summed E-state index contributed by atoms with van der Waals surface area (Å²) in [5.41, 5.74) is 1.99. The van der Waals surface area contributed by atoms with Crippen molar-refractivity contribution in [2.75, 3.05) is 11.9 Å². The summed E-state index contributed by atoms with van der Waals surface area (Å²) < 4.78 is 0. The molecule has 0 heterocycles. The molecule has 0 bridgehead atoms. The largest absolute Gasteiger partial charge is 0.311 e. The lowest BCUT2D eigenvalue weighted by molar-refractivity contribution is 0.0993. The van der Waals surface area contributed by atoms with Crippen LogP contribution in [0.1, 0.15) is 15.9 Å². The van der Waals surface area contributed by atoms with Crippen molar-refractivity contribution in [3.05, 3.63) is 65.7 Å². The number of nitrogens with zero attached hydrogens (tertiary/aromatic N) is 2. The standard InChI is InChI=1S/C15H12N2O/c1-17(14-9-7-12(11-16)8-10-14)15(18)13-5-3-2-4-6-13/h2-10H,1H3. The van der Waals surface area contributed by atoms with Gasteiger partial charge in [-0.1, -0.05) is 18.2 Å². The molecule has 0 aliphatic heterocycles. The number of anilines is 1. The summed E-state index contributed by atoms with van der Waals surface area (Å²) >= 11 is 0. The van der Waals surface area contributed by atoms with Crippen LogP contribution in [-0.2, 0) is 0 Å². The van der Waals surface area contributed by atoms with Crippen LogP contribution >= 0.6 is 0 Å². The van der Waals surface area contributed by atoms with Gasteiger partial charge in [0.25, 0.3) is 5.91 Å². The number of rotatable bonds is 2. The molecule has 0 spiro atoms. The van der Waals surface area contributed by atoms with Gasteiger partial charge in [-0.25, -0.2) is 0 Å². The monoisotopic (exact) mass is 236 g/mol. The molecule has 88 valence electrons. The van der Waals surface area contributed by atoms with Crippen LogP contribution in [0.4, 0.5) is 5.69 Å². The highest BCUT2D eigenvalue weighted by molar-refractivity contribution is 6.05. The Bertz CT molecular complexity index is 582. The van der Waals surface area contributed by atoms with Gasteiger partial charge in [0.1, 0.15) is 0 Å². The van der Waals surface area contributed by atoms with Crippen molar-refractivity contribution < 1.29 is 4.79 Å². The quantitative estimate of drug-likeness (QED) is 0.804. The molecule has 0 saturated heterocycles. The van der Waals surface area contributed by atoms with Gasteiger partial charge in [0, 0.05) is 18.3 Å². The third kappa shape index (κ3) is 2.38. The molecule has 0 radical (unpaired) electrons. The number of amides is 1. The van der Waals surface area contributed by atoms with Crippen molar-refractivity contribution in [2.45, 2.75) is 0 Å². The van der Waals surface area contributed by atoms with E-state index in [0.29, 0.717) is 11.1 Å². The Morgan fingerprint density at radius 1 is 1.06 bits per heavy atom. The van der Waals surface area contributed by atoms with Crippen molar-refractivity contribution in [2.24, 2.45) is 0 Å². The number of hydrogen-bond acceptors (Lipinski definition) is 2. The number of nitriles is 1. The summed E-state index contributed by atoms with van der Waals surface area (Å²) in [4.78, 5) is 13.7. The predicted octanol–water partition coefficient (Wildman–Crippen LogP) is 2.83. The average molecular weight is 236 g/mol. The van der Waals surface area contributed by atoms with E-state index in [-0.39, 0.29) is 5.91 Å². The number of benzene rings is 2. The molecule has 2 rings (SSSR count). The molecule has 3 nitrogen and oxygen atoms in total. The Morgan fingerprint density at radius 2 is 1.67 bits per heavy atom. The van der Waals surface area contributed by atoms with Crippen LogP contribution in [0.15, 0.2) is 54.6 Å². The first kappa shape index (κ1) is 11.9. The molecular weight excluding hydrogens is 224 g/mol. The van der Waals surface area contributed by atoms with Crippen molar-refractivity contribution in [1.29, 1.82) is 5.26 Å². The smallest absolute Gasteiger partial charge is 0.258 e. The minimum absolute atomic E-state index is 0.0692. The Hall–Kier alpha value is -2.60. The predicted molar refractivity (Wildman–Crippen MR) is 70.3 cm³/mol. The number of carbonyl (C=O) groups excluding carboxylic acids is 1. The SMILES string of the molecule is CN(C(=O)c1ccccc1)c1ccc(C#N)cc1. The van der Waals surface area contributed by atoms with Gasteiger partial charge >= 0.3 is 0 Å². The van der Waals surface area contributed by atoms with Crippen LogP contribution in [0.2, 0.25) is 0 Å². The van der Waals surface area contributed by atoms with Crippen LogP contribution < -0.4 is 4.90 Å². The normalized spacial score (nSPS) is 9.56. The third-order valence-corrected chi connectivity index (χ3v) is 2.71. The zero-order valence-electron chi connectivity index (χ0n) is 10.00. The van der Waals surface area contributed by atoms with E-state index in [0.717, 1.165) is 5.69 Å². The fourth-order valence-electron chi connectivity index (χ4n) is 1.65. The van der Waals surface area contributed by atoms with Gasteiger partial charge in [0.2, 0.25) is 0 Å². The fraction of sp³-hybridized carbons (Fsp3) is 0.0667. The molecule has 0 fully saturated rings. The summed E-state index contributed by atoms with van der Waals surface area (Å²) in [6, 6.07) is 18.1. The van der Waals surface area contributed by atoms with Crippen molar-refractivity contribution in [3.8, 4) is 6.07 Å².